The van der Waals surface area contributed by atoms with E-state index in [1.165, 1.54) is 0 Å². The molecule has 19 heavy (non-hydrogen) atoms. The fraction of sp³-hybridized carbons (Fsp3) is 0.417. The van der Waals surface area contributed by atoms with Crippen molar-refractivity contribution < 1.29 is 18.3 Å². The van der Waals surface area contributed by atoms with Gasteiger partial charge >= 0.3 is 5.97 Å². The number of rotatable bonds is 5. The van der Waals surface area contributed by atoms with E-state index in [9.17, 15) is 13.6 Å². The van der Waals surface area contributed by atoms with Crippen molar-refractivity contribution in [1.29, 1.82) is 5.26 Å². The summed E-state index contributed by atoms with van der Waals surface area (Å²) in [4.78, 5) is 15.2. The molecule has 0 aliphatic rings. The smallest absolute Gasteiger partial charge is 0.311 e. The number of halogens is 3. The lowest BCUT2D eigenvalue weighted by Gasteiger charge is -2.11. The Labute approximate surface area is 114 Å². The third-order valence-electron chi connectivity index (χ3n) is 2.34. The molecule has 0 atom stereocenters. The molecule has 7 heteroatoms. The summed E-state index contributed by atoms with van der Waals surface area (Å²) < 4.78 is 30.5. The fourth-order valence-electron chi connectivity index (χ4n) is 1.55. The van der Waals surface area contributed by atoms with Crippen LogP contribution in [0.4, 0.5) is 8.78 Å². The van der Waals surface area contributed by atoms with Crippen molar-refractivity contribution in [3.05, 3.63) is 28.6 Å². The third-order valence-corrected chi connectivity index (χ3v) is 2.61. The maximum absolute atomic E-state index is 12.9. The van der Waals surface area contributed by atoms with E-state index in [1.54, 1.807) is 13.0 Å². The molecule has 4 nitrogen and oxygen atoms in total. The van der Waals surface area contributed by atoms with Crippen molar-refractivity contribution in [2.24, 2.45) is 0 Å². The van der Waals surface area contributed by atoms with Gasteiger partial charge in [0.2, 0.25) is 0 Å². The molecule has 0 fully saturated rings. The van der Waals surface area contributed by atoms with Crippen LogP contribution in [0.5, 0.6) is 0 Å². The Morgan fingerprint density at radius 2 is 2.32 bits per heavy atom. The van der Waals surface area contributed by atoms with Gasteiger partial charge in [-0.25, -0.2) is 13.8 Å². The van der Waals surface area contributed by atoms with Gasteiger partial charge < -0.3 is 4.74 Å². The lowest BCUT2D eigenvalue weighted by atomic mass is 10.0. The van der Waals surface area contributed by atoms with Crippen LogP contribution < -0.4 is 0 Å². The van der Waals surface area contributed by atoms with E-state index in [4.69, 9.17) is 21.6 Å². The molecule has 1 aromatic heterocycles. The maximum atomic E-state index is 12.9. The predicted octanol–water partition coefficient (Wildman–Crippen LogP) is 2.74. The fourth-order valence-corrected chi connectivity index (χ4v) is 1.86. The zero-order valence-electron chi connectivity index (χ0n) is 10.1. The Balaban J connectivity index is 3.24. The number of esters is 1. The lowest BCUT2D eigenvalue weighted by Crippen LogP contribution is -2.13. The van der Waals surface area contributed by atoms with Crippen molar-refractivity contribution in [3.8, 4) is 6.07 Å². The number of carbonyl (C=O) groups is 1. The van der Waals surface area contributed by atoms with E-state index < -0.39 is 12.4 Å². The Bertz CT molecular complexity index is 515. The summed E-state index contributed by atoms with van der Waals surface area (Å²) in [6.45, 7) is 1.80. The Morgan fingerprint density at radius 3 is 2.79 bits per heavy atom. The number of nitriles is 1. The SMILES string of the molecule is CCOC(=O)Cc1nc(C#N)cc(C(F)F)c1CCl. The molecule has 1 heterocycles. The molecule has 0 unspecified atom stereocenters. The number of alkyl halides is 3. The molecule has 0 aromatic carbocycles. The van der Waals surface area contributed by atoms with E-state index in [2.05, 4.69) is 4.98 Å². The monoisotopic (exact) mass is 288 g/mol. The first kappa shape index (κ1) is 15.3. The highest BCUT2D eigenvalue weighted by atomic mass is 35.5. The minimum Gasteiger partial charge on any atom is -0.466 e. The van der Waals surface area contributed by atoms with Crippen LogP contribution in [-0.4, -0.2) is 17.6 Å². The van der Waals surface area contributed by atoms with E-state index in [0.29, 0.717) is 0 Å². The topological polar surface area (TPSA) is 63.0 Å². The summed E-state index contributed by atoms with van der Waals surface area (Å²) in [7, 11) is 0. The average Bonchev–Trinajstić information content (AvgIpc) is 2.37. The molecule has 1 aromatic rings. The van der Waals surface area contributed by atoms with Gasteiger partial charge in [0.05, 0.1) is 18.7 Å². The average molecular weight is 289 g/mol. The van der Waals surface area contributed by atoms with Gasteiger partial charge in [-0.05, 0) is 18.6 Å². The standard InChI is InChI=1S/C12H11ClF2N2O2/c1-2-19-11(18)4-10-9(5-13)8(12(14)15)3-7(6-16)17-10/h3,12H,2,4-5H2,1H3. The van der Waals surface area contributed by atoms with Crippen molar-refractivity contribution in [2.45, 2.75) is 25.7 Å². The molecule has 0 N–H and O–H groups in total. The number of hydrogen-bond acceptors (Lipinski definition) is 4. The second-order valence-electron chi connectivity index (χ2n) is 3.55. The van der Waals surface area contributed by atoms with Gasteiger partial charge in [0.15, 0.2) is 0 Å². The first-order valence-electron chi connectivity index (χ1n) is 5.46. The van der Waals surface area contributed by atoms with Crippen LogP contribution in [0, 0.1) is 11.3 Å². The number of pyridine rings is 1. The molecule has 0 spiro atoms. The second kappa shape index (κ2) is 7.00. The number of ether oxygens (including phenoxy) is 1. The zero-order valence-corrected chi connectivity index (χ0v) is 10.9. The highest BCUT2D eigenvalue weighted by Gasteiger charge is 2.20. The van der Waals surface area contributed by atoms with Gasteiger partial charge in [-0.1, -0.05) is 0 Å². The maximum Gasteiger partial charge on any atom is 0.311 e. The van der Waals surface area contributed by atoms with Crippen LogP contribution in [0.15, 0.2) is 6.07 Å². The van der Waals surface area contributed by atoms with Crippen LogP contribution in [0.2, 0.25) is 0 Å². The molecule has 0 saturated heterocycles. The van der Waals surface area contributed by atoms with E-state index in [0.717, 1.165) is 6.07 Å². The zero-order chi connectivity index (χ0) is 14.4. The summed E-state index contributed by atoms with van der Waals surface area (Å²) in [5, 5.41) is 8.76. The van der Waals surface area contributed by atoms with Crippen LogP contribution >= 0.6 is 11.6 Å². The predicted molar refractivity (Wildman–Crippen MR) is 63.8 cm³/mol. The van der Waals surface area contributed by atoms with Gasteiger partial charge in [-0.3, -0.25) is 4.79 Å². The summed E-state index contributed by atoms with van der Waals surface area (Å²) in [5.41, 5.74) is -0.421. The summed E-state index contributed by atoms with van der Waals surface area (Å²) >= 11 is 5.63. The van der Waals surface area contributed by atoms with Crippen LogP contribution in [0.25, 0.3) is 0 Å². The minimum atomic E-state index is -2.79. The second-order valence-corrected chi connectivity index (χ2v) is 3.82. The summed E-state index contributed by atoms with van der Waals surface area (Å²) in [6.07, 6.45) is -3.07. The van der Waals surface area contributed by atoms with Crippen LogP contribution in [0.1, 0.15) is 35.9 Å². The molecule has 0 saturated carbocycles. The van der Waals surface area contributed by atoms with E-state index in [1.807, 2.05) is 0 Å². The lowest BCUT2D eigenvalue weighted by molar-refractivity contribution is -0.142. The largest absolute Gasteiger partial charge is 0.466 e. The minimum absolute atomic E-state index is 0.0581. The molecule has 0 radical (unpaired) electrons. The number of hydrogen-bond donors (Lipinski definition) is 0. The molecule has 102 valence electrons. The summed E-state index contributed by atoms with van der Waals surface area (Å²) in [5.74, 6) is -0.815. The molecule has 0 aliphatic heterocycles. The van der Waals surface area contributed by atoms with Gasteiger partial charge in [-0.15, -0.1) is 11.6 Å². The van der Waals surface area contributed by atoms with Crippen LogP contribution in [0.3, 0.4) is 0 Å². The van der Waals surface area contributed by atoms with E-state index in [-0.39, 0.29) is 41.4 Å². The molecule has 1 rings (SSSR count). The normalized spacial score (nSPS) is 10.3. The van der Waals surface area contributed by atoms with Gasteiger partial charge in [0.25, 0.3) is 6.43 Å². The first-order valence-corrected chi connectivity index (χ1v) is 5.99. The number of carbonyl (C=O) groups excluding carboxylic acids is 1. The third kappa shape index (κ3) is 3.86. The Hall–Kier alpha value is -1.74. The molecular formula is C12H11ClF2N2O2. The van der Waals surface area contributed by atoms with Gasteiger partial charge in [0.1, 0.15) is 11.8 Å². The first-order chi connectivity index (χ1) is 9.03. The van der Waals surface area contributed by atoms with Gasteiger partial charge in [0, 0.05) is 11.4 Å². The van der Waals surface area contributed by atoms with Crippen molar-refractivity contribution in [2.75, 3.05) is 6.61 Å². The highest BCUT2D eigenvalue weighted by Crippen LogP contribution is 2.27. The van der Waals surface area contributed by atoms with Crippen molar-refractivity contribution in [3.63, 3.8) is 0 Å². The molecule has 0 aliphatic carbocycles. The Kier molecular flexibility index (Phi) is 5.64. The van der Waals surface area contributed by atoms with Crippen LogP contribution in [-0.2, 0) is 21.8 Å². The summed E-state index contributed by atoms with van der Waals surface area (Å²) in [6, 6.07) is 2.66. The molecule has 0 bridgehead atoms. The quantitative estimate of drug-likeness (QED) is 0.617. The number of nitrogens with zero attached hydrogens (tertiary/aromatic N) is 2. The van der Waals surface area contributed by atoms with Gasteiger partial charge in [-0.2, -0.15) is 5.26 Å². The molecule has 0 amide bonds. The van der Waals surface area contributed by atoms with Crippen molar-refractivity contribution in [1.82, 2.24) is 4.98 Å². The van der Waals surface area contributed by atoms with E-state index >= 15 is 0 Å². The Morgan fingerprint density at radius 1 is 1.63 bits per heavy atom. The molecular weight excluding hydrogens is 278 g/mol. The number of aromatic nitrogens is 1. The highest BCUT2D eigenvalue weighted by molar-refractivity contribution is 6.17. The van der Waals surface area contributed by atoms with Crippen molar-refractivity contribution >= 4 is 17.6 Å².